The number of aromatic nitrogens is 5. The minimum Gasteiger partial charge on any atom is -0.365 e. The molecule has 1 fully saturated rings. The normalized spacial score (nSPS) is 13.7. The van der Waals surface area contributed by atoms with Crippen LogP contribution in [0.2, 0.25) is 0 Å². The molecular weight excluding hydrogens is 606 g/mol. The van der Waals surface area contributed by atoms with Gasteiger partial charge >= 0.3 is 0 Å². The highest BCUT2D eigenvalue weighted by Crippen LogP contribution is 2.46. The van der Waals surface area contributed by atoms with Gasteiger partial charge in [-0.3, -0.25) is 19.0 Å². The molecule has 206 valence electrons. The minimum atomic E-state index is -2.89. The molecule has 3 N–H and O–H groups in total. The monoisotopic (exact) mass is 627 g/mol. The summed E-state index contributed by atoms with van der Waals surface area (Å²) >= 11 is 3.97. The molecule has 1 aliphatic carbocycles. The van der Waals surface area contributed by atoms with E-state index in [-0.39, 0.29) is 31.2 Å². The van der Waals surface area contributed by atoms with Gasteiger partial charge in [0.15, 0.2) is 0 Å². The number of nitrogens with zero attached hydrogens (tertiary/aromatic N) is 5. The number of pyridine rings is 1. The molecule has 15 heteroatoms. The van der Waals surface area contributed by atoms with E-state index in [2.05, 4.69) is 36.4 Å². The van der Waals surface area contributed by atoms with Gasteiger partial charge in [0.25, 0.3) is 18.8 Å². The number of aryl methyl sites for hydroxylation is 2. The third-order valence-corrected chi connectivity index (χ3v) is 8.29. The van der Waals surface area contributed by atoms with Gasteiger partial charge < -0.3 is 11.1 Å². The molecule has 39 heavy (non-hydrogen) atoms. The molecule has 4 aromatic rings. The van der Waals surface area contributed by atoms with Gasteiger partial charge in [0, 0.05) is 29.6 Å². The van der Waals surface area contributed by atoms with Crippen molar-refractivity contribution in [1.82, 2.24) is 24.5 Å². The number of carbonyl (C=O) groups is 2. The summed E-state index contributed by atoms with van der Waals surface area (Å²) in [4.78, 5) is 29.6. The molecule has 9 nitrogen and oxygen atoms in total. The van der Waals surface area contributed by atoms with Crippen LogP contribution in [0.25, 0.3) is 21.3 Å². The van der Waals surface area contributed by atoms with Crippen molar-refractivity contribution in [3.05, 3.63) is 44.4 Å². The van der Waals surface area contributed by atoms with Crippen molar-refractivity contribution in [1.29, 1.82) is 0 Å². The van der Waals surface area contributed by atoms with Gasteiger partial charge in [-0.1, -0.05) is 0 Å². The number of anilines is 1. The predicted molar refractivity (Wildman–Crippen MR) is 140 cm³/mol. The van der Waals surface area contributed by atoms with E-state index < -0.39 is 42.6 Å². The fourth-order valence-corrected chi connectivity index (χ4v) is 6.27. The number of alkyl halides is 4. The van der Waals surface area contributed by atoms with Crippen molar-refractivity contribution in [3.63, 3.8) is 0 Å². The van der Waals surface area contributed by atoms with Crippen LogP contribution in [0.4, 0.5) is 23.2 Å². The summed E-state index contributed by atoms with van der Waals surface area (Å²) in [5.74, 6) is -1.56. The number of nitrogens with two attached hydrogens (primary N) is 1. The van der Waals surface area contributed by atoms with Crippen LogP contribution in [-0.4, -0.2) is 36.4 Å². The lowest BCUT2D eigenvalue weighted by Gasteiger charge is -2.11. The molecule has 0 unspecified atom stereocenters. The third-order valence-electron chi connectivity index (χ3n) is 6.37. The summed E-state index contributed by atoms with van der Waals surface area (Å²) in [6.45, 7) is 3.69. The molecule has 1 saturated carbocycles. The second-order valence-electron chi connectivity index (χ2n) is 9.10. The van der Waals surface area contributed by atoms with Gasteiger partial charge in [-0.15, -0.1) is 11.3 Å². The average molecular weight is 628 g/mol. The molecule has 5 rings (SSSR count). The van der Waals surface area contributed by atoms with Crippen molar-refractivity contribution in [2.45, 2.75) is 58.5 Å². The maximum atomic E-state index is 13.8. The van der Waals surface area contributed by atoms with Gasteiger partial charge in [0.2, 0.25) is 5.91 Å². The van der Waals surface area contributed by atoms with Gasteiger partial charge in [-0.2, -0.15) is 10.2 Å². The number of fused-ring (bicyclic) bond motifs is 1. The number of rotatable bonds is 9. The molecule has 0 aromatic carbocycles. The number of primary amides is 1. The average Bonchev–Trinajstić information content (AvgIpc) is 3.41. The smallest absolute Gasteiger partial charge is 0.283 e. The minimum absolute atomic E-state index is 0.00279. The first-order valence-corrected chi connectivity index (χ1v) is 13.5. The van der Waals surface area contributed by atoms with Gasteiger partial charge in [-0.25, -0.2) is 22.5 Å². The maximum absolute atomic E-state index is 13.8. The highest BCUT2D eigenvalue weighted by molar-refractivity contribution is 9.10. The van der Waals surface area contributed by atoms with Crippen molar-refractivity contribution in [2.24, 2.45) is 5.73 Å². The topological polar surface area (TPSA) is 121 Å². The summed E-state index contributed by atoms with van der Waals surface area (Å²) in [6.07, 6.45) is -2.49. The summed E-state index contributed by atoms with van der Waals surface area (Å²) < 4.78 is 57.6. The van der Waals surface area contributed by atoms with Gasteiger partial charge in [0.05, 0.1) is 21.5 Å². The lowest BCUT2D eigenvalue weighted by atomic mass is 10.0. The summed E-state index contributed by atoms with van der Waals surface area (Å²) in [5, 5.41) is 11.2. The van der Waals surface area contributed by atoms with Crippen molar-refractivity contribution < 1.29 is 27.2 Å². The van der Waals surface area contributed by atoms with Crippen LogP contribution in [0.15, 0.2) is 16.7 Å². The highest BCUT2D eigenvalue weighted by Gasteiger charge is 2.34. The molecule has 2 amide bonds. The SMILES string of the molecule is CCn1cc(-c2cc(C(F)F)nc3sc(C(N)=O)c(NC(=O)Cn4nc(C(F)F)c(Br)c4C4CC4)c23)c(C)n1. The summed E-state index contributed by atoms with van der Waals surface area (Å²) in [7, 11) is 0. The lowest BCUT2D eigenvalue weighted by Crippen LogP contribution is -2.22. The first kappa shape index (κ1) is 27.2. The Balaban J connectivity index is 1.62. The fraction of sp³-hybridized carbons (Fsp3) is 0.375. The maximum Gasteiger partial charge on any atom is 0.283 e. The van der Waals surface area contributed by atoms with E-state index in [4.69, 9.17) is 5.73 Å². The van der Waals surface area contributed by atoms with E-state index in [1.807, 2.05) is 6.92 Å². The van der Waals surface area contributed by atoms with Crippen LogP contribution in [0, 0.1) is 6.92 Å². The summed E-state index contributed by atoms with van der Waals surface area (Å²) in [5.41, 5.74) is 6.50. The standard InChI is InChI=1S/C24H22BrF4N7O2S/c1-3-35-7-12(9(2)33-35)11-6-13(21(26)27)31-24-15(11)17(20(39-24)23(30)38)32-14(37)8-36-19(10-4-5-10)16(25)18(34-36)22(28)29/h6-7,10,21-22H,3-5,8H2,1-2H3,(H2,30,38)(H,32,37). The Morgan fingerprint density at radius 2 is 1.92 bits per heavy atom. The van der Waals surface area contributed by atoms with Crippen LogP contribution >= 0.6 is 27.3 Å². The number of hydrogen-bond donors (Lipinski definition) is 2. The molecule has 0 radical (unpaired) electrons. The van der Waals surface area contributed by atoms with Crippen molar-refractivity contribution in [3.8, 4) is 11.1 Å². The second-order valence-corrected chi connectivity index (χ2v) is 10.9. The number of amides is 2. The zero-order chi connectivity index (χ0) is 28.2. The molecule has 1 aliphatic rings. The molecule has 0 spiro atoms. The fourth-order valence-electron chi connectivity index (χ4n) is 4.47. The first-order chi connectivity index (χ1) is 18.5. The van der Waals surface area contributed by atoms with E-state index >= 15 is 0 Å². The van der Waals surface area contributed by atoms with E-state index in [1.54, 1.807) is 17.8 Å². The lowest BCUT2D eigenvalue weighted by molar-refractivity contribution is -0.117. The van der Waals surface area contributed by atoms with Crippen LogP contribution in [-0.2, 0) is 17.9 Å². The molecule has 4 aromatic heterocycles. The van der Waals surface area contributed by atoms with E-state index in [0.29, 0.717) is 29.1 Å². The summed E-state index contributed by atoms with van der Waals surface area (Å²) in [6, 6.07) is 1.20. The highest BCUT2D eigenvalue weighted by atomic mass is 79.9. The number of halogens is 5. The number of carbonyl (C=O) groups excluding carboxylic acids is 2. The quantitative estimate of drug-likeness (QED) is 0.223. The molecule has 0 bridgehead atoms. The Morgan fingerprint density at radius 3 is 2.49 bits per heavy atom. The van der Waals surface area contributed by atoms with E-state index in [9.17, 15) is 27.2 Å². The zero-order valence-corrected chi connectivity index (χ0v) is 23.0. The van der Waals surface area contributed by atoms with Crippen LogP contribution in [0.5, 0.6) is 0 Å². The molecule has 0 aliphatic heterocycles. The van der Waals surface area contributed by atoms with E-state index in [0.717, 1.165) is 24.2 Å². The number of nitrogens with one attached hydrogen (secondary N) is 1. The third kappa shape index (κ3) is 5.04. The van der Waals surface area contributed by atoms with Crippen molar-refractivity contribution >= 4 is 55.0 Å². The molecule has 0 saturated heterocycles. The van der Waals surface area contributed by atoms with Crippen LogP contribution in [0.3, 0.4) is 0 Å². The van der Waals surface area contributed by atoms with Crippen molar-refractivity contribution in [2.75, 3.05) is 5.32 Å². The van der Waals surface area contributed by atoms with Gasteiger partial charge in [0.1, 0.15) is 27.6 Å². The van der Waals surface area contributed by atoms with Crippen LogP contribution in [0.1, 0.15) is 71.0 Å². The Bertz CT molecular complexity index is 1610. The molecular formula is C24H22BrF4N7O2S. The van der Waals surface area contributed by atoms with Gasteiger partial charge in [-0.05, 0) is 54.2 Å². The predicted octanol–water partition coefficient (Wildman–Crippen LogP) is 5.94. The molecule has 0 atom stereocenters. The van der Waals surface area contributed by atoms with E-state index in [1.165, 1.54) is 10.7 Å². The Labute approximate surface area is 231 Å². The zero-order valence-electron chi connectivity index (χ0n) is 20.6. The first-order valence-electron chi connectivity index (χ1n) is 11.9. The Hall–Kier alpha value is -3.33. The Morgan fingerprint density at radius 1 is 1.21 bits per heavy atom. The number of hydrogen-bond acceptors (Lipinski definition) is 6. The largest absolute Gasteiger partial charge is 0.365 e. The molecule has 4 heterocycles. The number of thiophene rings is 1. The Kier molecular flexibility index (Phi) is 7.22. The van der Waals surface area contributed by atoms with Crippen LogP contribution < -0.4 is 11.1 Å². The second kappa shape index (κ2) is 10.3.